The Morgan fingerprint density at radius 2 is 2.25 bits per heavy atom. The average Bonchev–Trinajstić information content (AvgIpc) is 3.02. The first-order valence-corrected chi connectivity index (χ1v) is 9.02. The maximum Gasteiger partial charge on any atom is 0.342 e. The molecule has 24 heavy (non-hydrogen) atoms. The van der Waals surface area contributed by atoms with Crippen molar-refractivity contribution >= 4 is 28.6 Å². The summed E-state index contributed by atoms with van der Waals surface area (Å²) in [5.41, 5.74) is -0.144. The van der Waals surface area contributed by atoms with Crippen LogP contribution in [-0.4, -0.2) is 38.0 Å². The molecule has 6 heteroatoms. The van der Waals surface area contributed by atoms with E-state index in [1.54, 1.807) is 12.1 Å². The zero-order valence-electron chi connectivity index (χ0n) is 14.0. The number of esters is 1. The van der Waals surface area contributed by atoms with Crippen LogP contribution in [0.3, 0.4) is 0 Å². The summed E-state index contributed by atoms with van der Waals surface area (Å²) in [6.07, 6.45) is 2.07. The summed E-state index contributed by atoms with van der Waals surface area (Å²) in [6, 6.07) is 5.44. The van der Waals surface area contributed by atoms with Crippen LogP contribution in [0.4, 0.5) is 0 Å². The predicted molar refractivity (Wildman–Crippen MR) is 99.2 cm³/mol. The van der Waals surface area contributed by atoms with Crippen LogP contribution in [0.15, 0.2) is 31.0 Å². The fourth-order valence-electron chi connectivity index (χ4n) is 2.53. The van der Waals surface area contributed by atoms with Gasteiger partial charge in [-0.2, -0.15) is 0 Å². The predicted octanol–water partition coefficient (Wildman–Crippen LogP) is 3.80. The van der Waals surface area contributed by atoms with Crippen LogP contribution in [-0.2, 0) is 14.2 Å². The third-order valence-corrected chi connectivity index (χ3v) is 4.77. The molecule has 132 valence electrons. The molecule has 1 atom stereocenters. The number of benzene rings is 1. The van der Waals surface area contributed by atoms with E-state index < -0.39 is 5.60 Å². The normalized spacial score (nSPS) is 20.0. The Morgan fingerprint density at radius 1 is 1.46 bits per heavy atom. The Hall–Kier alpha value is -1.28. The topological polar surface area (TPSA) is 54.0 Å². The Kier molecular flexibility index (Phi) is 6.91. The lowest BCUT2D eigenvalue weighted by Gasteiger charge is -2.31. The van der Waals surface area contributed by atoms with Crippen LogP contribution in [0, 0.1) is 9.49 Å². The van der Waals surface area contributed by atoms with Crippen LogP contribution >= 0.6 is 22.6 Å². The van der Waals surface area contributed by atoms with Crippen molar-refractivity contribution in [2.24, 2.45) is 5.92 Å². The average molecular weight is 446 g/mol. The lowest BCUT2D eigenvalue weighted by molar-refractivity contribution is -0.0471. The number of carbonyl (C=O) groups excluding carboxylic acids is 1. The Balaban J connectivity index is 2.15. The van der Waals surface area contributed by atoms with Gasteiger partial charge >= 0.3 is 5.97 Å². The van der Waals surface area contributed by atoms with Crippen molar-refractivity contribution in [3.8, 4) is 5.75 Å². The molecule has 5 nitrogen and oxygen atoms in total. The molecule has 1 heterocycles. The van der Waals surface area contributed by atoms with Crippen molar-refractivity contribution in [1.29, 1.82) is 0 Å². The van der Waals surface area contributed by atoms with Gasteiger partial charge in [-0.1, -0.05) is 20.4 Å². The van der Waals surface area contributed by atoms with Gasteiger partial charge in [0.1, 0.15) is 30.1 Å². The highest BCUT2D eigenvalue weighted by atomic mass is 127. The summed E-state index contributed by atoms with van der Waals surface area (Å²) in [4.78, 5) is 12.8. The third-order valence-electron chi connectivity index (χ3n) is 4.10. The molecule has 0 aliphatic carbocycles. The fraction of sp³-hybridized carbons (Fsp3) is 0.500. The number of rotatable bonds is 8. The highest BCUT2D eigenvalue weighted by Crippen LogP contribution is 2.33. The first-order chi connectivity index (χ1) is 11.5. The second-order valence-corrected chi connectivity index (χ2v) is 7.18. The summed E-state index contributed by atoms with van der Waals surface area (Å²) < 4.78 is 23.0. The first-order valence-electron chi connectivity index (χ1n) is 7.94. The van der Waals surface area contributed by atoms with Gasteiger partial charge in [0, 0.05) is 9.99 Å². The number of ether oxygens (including phenoxy) is 4. The summed E-state index contributed by atoms with van der Waals surface area (Å²) in [7, 11) is 0. The molecule has 1 aromatic carbocycles. The van der Waals surface area contributed by atoms with Crippen LogP contribution < -0.4 is 4.74 Å². The van der Waals surface area contributed by atoms with Crippen molar-refractivity contribution in [3.05, 3.63) is 40.2 Å². The van der Waals surface area contributed by atoms with Gasteiger partial charge < -0.3 is 18.9 Å². The molecule has 0 amide bonds. The van der Waals surface area contributed by atoms with E-state index in [4.69, 9.17) is 18.9 Å². The fourth-order valence-corrected chi connectivity index (χ4v) is 3.02. The summed E-state index contributed by atoms with van der Waals surface area (Å²) >= 11 is 2.16. The highest BCUT2D eigenvalue weighted by molar-refractivity contribution is 14.1. The van der Waals surface area contributed by atoms with E-state index >= 15 is 0 Å². The molecule has 0 radical (unpaired) electrons. The van der Waals surface area contributed by atoms with E-state index in [9.17, 15) is 4.79 Å². The SMILES string of the molecule is C=COCCOc1ccc(I)cc1C(=O)OC1(C(C)C)CCOC1. The zero-order chi connectivity index (χ0) is 17.6. The lowest BCUT2D eigenvalue weighted by atomic mass is 9.89. The molecule has 1 unspecified atom stereocenters. The van der Waals surface area contributed by atoms with Gasteiger partial charge in [-0.05, 0) is 46.7 Å². The van der Waals surface area contributed by atoms with Crippen molar-refractivity contribution in [1.82, 2.24) is 0 Å². The molecule has 0 bridgehead atoms. The van der Waals surface area contributed by atoms with E-state index in [2.05, 4.69) is 29.2 Å². The molecule has 1 aliphatic heterocycles. The standard InChI is InChI=1S/C18H23IO5/c1-4-21-9-10-23-16-6-5-14(19)11-15(16)17(20)24-18(13(2)3)7-8-22-12-18/h4-6,11,13H,1,7-10,12H2,2-3H3. The molecule has 2 rings (SSSR count). The van der Waals surface area contributed by atoms with Gasteiger partial charge in [-0.15, -0.1) is 0 Å². The number of carbonyl (C=O) groups is 1. The van der Waals surface area contributed by atoms with Crippen molar-refractivity contribution in [2.45, 2.75) is 25.9 Å². The maximum atomic E-state index is 12.8. The van der Waals surface area contributed by atoms with Crippen molar-refractivity contribution in [3.63, 3.8) is 0 Å². The molecular formula is C18H23IO5. The van der Waals surface area contributed by atoms with Crippen LogP contribution in [0.25, 0.3) is 0 Å². The van der Waals surface area contributed by atoms with Gasteiger partial charge in [0.05, 0.1) is 19.5 Å². The minimum atomic E-state index is -0.568. The van der Waals surface area contributed by atoms with Crippen LogP contribution in [0.2, 0.25) is 0 Å². The zero-order valence-corrected chi connectivity index (χ0v) is 16.2. The van der Waals surface area contributed by atoms with Gasteiger partial charge in [0.15, 0.2) is 0 Å². The monoisotopic (exact) mass is 446 g/mol. The number of hydrogen-bond donors (Lipinski definition) is 0. The Morgan fingerprint density at radius 3 is 2.88 bits per heavy atom. The van der Waals surface area contributed by atoms with Gasteiger partial charge in [-0.25, -0.2) is 4.79 Å². The molecule has 1 aromatic rings. The number of halogens is 1. The van der Waals surface area contributed by atoms with Crippen LogP contribution in [0.5, 0.6) is 5.75 Å². The van der Waals surface area contributed by atoms with E-state index in [0.29, 0.717) is 44.2 Å². The largest absolute Gasteiger partial charge is 0.498 e. The number of hydrogen-bond acceptors (Lipinski definition) is 5. The highest BCUT2D eigenvalue weighted by Gasteiger charge is 2.42. The van der Waals surface area contributed by atoms with Crippen molar-refractivity contribution in [2.75, 3.05) is 26.4 Å². The van der Waals surface area contributed by atoms with Gasteiger partial charge in [0.2, 0.25) is 0 Å². The summed E-state index contributed by atoms with van der Waals surface area (Å²) in [5.74, 6) is 0.287. The Labute approximate surface area is 156 Å². The molecule has 1 fully saturated rings. The second-order valence-electron chi connectivity index (χ2n) is 5.94. The molecule has 1 saturated heterocycles. The maximum absolute atomic E-state index is 12.8. The van der Waals surface area contributed by atoms with E-state index in [-0.39, 0.29) is 11.9 Å². The van der Waals surface area contributed by atoms with Gasteiger partial charge in [-0.3, -0.25) is 0 Å². The Bertz CT molecular complexity index is 579. The summed E-state index contributed by atoms with van der Waals surface area (Å²) in [5, 5.41) is 0. The molecule has 1 aliphatic rings. The molecule has 0 aromatic heterocycles. The second kappa shape index (κ2) is 8.71. The van der Waals surface area contributed by atoms with E-state index in [1.165, 1.54) is 6.26 Å². The quantitative estimate of drug-likeness (QED) is 0.263. The first kappa shape index (κ1) is 19.1. The minimum absolute atomic E-state index is 0.178. The lowest BCUT2D eigenvalue weighted by Crippen LogP contribution is -2.41. The summed E-state index contributed by atoms with van der Waals surface area (Å²) in [6.45, 7) is 9.30. The molecular weight excluding hydrogens is 423 g/mol. The third kappa shape index (κ3) is 4.63. The minimum Gasteiger partial charge on any atom is -0.498 e. The van der Waals surface area contributed by atoms with E-state index in [0.717, 1.165) is 3.57 Å². The van der Waals surface area contributed by atoms with Crippen LogP contribution in [0.1, 0.15) is 30.6 Å². The molecule has 0 N–H and O–H groups in total. The smallest absolute Gasteiger partial charge is 0.342 e. The molecule has 0 saturated carbocycles. The molecule has 0 spiro atoms. The van der Waals surface area contributed by atoms with Crippen molar-refractivity contribution < 1.29 is 23.7 Å². The van der Waals surface area contributed by atoms with E-state index in [1.807, 2.05) is 19.9 Å². The van der Waals surface area contributed by atoms with Gasteiger partial charge in [0.25, 0.3) is 0 Å².